The Morgan fingerprint density at radius 1 is 1.29 bits per heavy atom. The standard InChI is InChI=1S/C17H21N3O3S/c1-10(2)14(19-15(21)12-7-5-9-23-12)16(22)20-17-18-11-6-3-4-8-13(11)24-17/h5,7,9-10,14H,3-4,6,8H2,1-2H3,(H,19,21)(H,18,20,22). The van der Waals surface area contributed by atoms with E-state index in [0.29, 0.717) is 5.13 Å². The van der Waals surface area contributed by atoms with E-state index in [4.69, 9.17) is 4.42 Å². The second-order valence-corrected chi connectivity index (χ2v) is 7.34. The van der Waals surface area contributed by atoms with E-state index in [-0.39, 0.29) is 17.6 Å². The SMILES string of the molecule is CC(C)C(NC(=O)c1ccco1)C(=O)Nc1nc2c(s1)CCCC2. The first-order valence-corrected chi connectivity index (χ1v) is 9.00. The predicted octanol–water partition coefficient (Wildman–Crippen LogP) is 3.01. The molecule has 2 aromatic rings. The molecule has 0 spiro atoms. The maximum atomic E-state index is 12.6. The highest BCUT2D eigenvalue weighted by molar-refractivity contribution is 7.15. The van der Waals surface area contributed by atoms with E-state index in [1.807, 2.05) is 13.8 Å². The number of amides is 2. The van der Waals surface area contributed by atoms with Gasteiger partial charge < -0.3 is 15.1 Å². The number of carbonyl (C=O) groups is 2. The molecule has 24 heavy (non-hydrogen) atoms. The molecule has 0 saturated carbocycles. The summed E-state index contributed by atoms with van der Waals surface area (Å²) in [4.78, 5) is 30.5. The van der Waals surface area contributed by atoms with Gasteiger partial charge in [0, 0.05) is 4.88 Å². The number of fused-ring (bicyclic) bond motifs is 1. The molecule has 0 aliphatic heterocycles. The van der Waals surface area contributed by atoms with Crippen LogP contribution in [0, 0.1) is 5.92 Å². The monoisotopic (exact) mass is 347 g/mol. The van der Waals surface area contributed by atoms with Gasteiger partial charge in [0.2, 0.25) is 5.91 Å². The van der Waals surface area contributed by atoms with Crippen LogP contribution >= 0.6 is 11.3 Å². The van der Waals surface area contributed by atoms with Crippen LogP contribution in [0.5, 0.6) is 0 Å². The van der Waals surface area contributed by atoms with Crippen LogP contribution < -0.4 is 10.6 Å². The summed E-state index contributed by atoms with van der Waals surface area (Å²) in [6.45, 7) is 3.78. The minimum absolute atomic E-state index is 0.0569. The maximum absolute atomic E-state index is 12.6. The molecule has 0 radical (unpaired) electrons. The number of thiazole rings is 1. The van der Waals surface area contributed by atoms with Crippen LogP contribution in [0.4, 0.5) is 5.13 Å². The summed E-state index contributed by atoms with van der Waals surface area (Å²) in [5.74, 6) is -0.514. The van der Waals surface area contributed by atoms with Gasteiger partial charge in [-0.3, -0.25) is 9.59 Å². The van der Waals surface area contributed by atoms with Crippen molar-refractivity contribution in [1.82, 2.24) is 10.3 Å². The number of nitrogens with zero attached hydrogens (tertiary/aromatic N) is 1. The van der Waals surface area contributed by atoms with Gasteiger partial charge >= 0.3 is 0 Å². The normalized spacial score (nSPS) is 15.0. The Kier molecular flexibility index (Phi) is 4.99. The van der Waals surface area contributed by atoms with E-state index in [1.165, 1.54) is 28.9 Å². The van der Waals surface area contributed by atoms with Crippen molar-refractivity contribution in [2.24, 2.45) is 5.92 Å². The average molecular weight is 347 g/mol. The highest BCUT2D eigenvalue weighted by Gasteiger charge is 2.27. The summed E-state index contributed by atoms with van der Waals surface area (Å²) >= 11 is 1.54. The van der Waals surface area contributed by atoms with Crippen LogP contribution in [0.3, 0.4) is 0 Å². The fraction of sp³-hybridized carbons (Fsp3) is 0.471. The van der Waals surface area contributed by atoms with Crippen molar-refractivity contribution in [1.29, 1.82) is 0 Å². The topological polar surface area (TPSA) is 84.2 Å². The van der Waals surface area contributed by atoms with E-state index in [0.717, 1.165) is 25.0 Å². The quantitative estimate of drug-likeness (QED) is 0.871. The maximum Gasteiger partial charge on any atom is 0.287 e. The fourth-order valence-corrected chi connectivity index (χ4v) is 3.80. The van der Waals surface area contributed by atoms with Gasteiger partial charge in [-0.05, 0) is 43.7 Å². The number of hydrogen-bond acceptors (Lipinski definition) is 5. The van der Waals surface area contributed by atoms with Gasteiger partial charge in [-0.1, -0.05) is 13.8 Å². The van der Waals surface area contributed by atoms with E-state index >= 15 is 0 Å². The first-order valence-electron chi connectivity index (χ1n) is 8.18. The Hall–Kier alpha value is -2.15. The summed E-state index contributed by atoms with van der Waals surface area (Å²) in [6.07, 6.45) is 5.77. The van der Waals surface area contributed by atoms with Crippen LogP contribution in [0.2, 0.25) is 0 Å². The Morgan fingerprint density at radius 3 is 2.75 bits per heavy atom. The molecule has 0 aromatic carbocycles. The molecule has 0 bridgehead atoms. The van der Waals surface area contributed by atoms with Crippen LogP contribution in [0.25, 0.3) is 0 Å². The fourth-order valence-electron chi connectivity index (χ4n) is 2.74. The third kappa shape index (κ3) is 3.67. The Balaban J connectivity index is 1.68. The second-order valence-electron chi connectivity index (χ2n) is 6.26. The first kappa shape index (κ1) is 16.7. The third-order valence-electron chi connectivity index (χ3n) is 4.06. The number of furan rings is 1. The first-order chi connectivity index (χ1) is 11.5. The molecule has 2 amide bonds. The molecule has 1 aliphatic rings. The largest absolute Gasteiger partial charge is 0.459 e. The molecule has 3 rings (SSSR count). The highest BCUT2D eigenvalue weighted by atomic mass is 32.1. The molecule has 0 saturated heterocycles. The van der Waals surface area contributed by atoms with Crippen molar-refractivity contribution in [2.75, 3.05) is 5.32 Å². The molecule has 128 valence electrons. The molecular weight excluding hydrogens is 326 g/mol. The zero-order valence-electron chi connectivity index (χ0n) is 13.8. The lowest BCUT2D eigenvalue weighted by molar-refractivity contribution is -0.118. The summed E-state index contributed by atoms with van der Waals surface area (Å²) < 4.78 is 5.07. The summed E-state index contributed by atoms with van der Waals surface area (Å²) in [6, 6.07) is 2.56. The Bertz CT molecular complexity index is 698. The Morgan fingerprint density at radius 2 is 2.08 bits per heavy atom. The summed E-state index contributed by atoms with van der Waals surface area (Å²) in [7, 11) is 0. The zero-order chi connectivity index (χ0) is 17.1. The number of rotatable bonds is 5. The molecule has 2 N–H and O–H groups in total. The smallest absolute Gasteiger partial charge is 0.287 e. The Labute approximate surface area is 144 Å². The van der Waals surface area contributed by atoms with Gasteiger partial charge in [0.1, 0.15) is 6.04 Å². The molecular formula is C17H21N3O3S. The zero-order valence-corrected chi connectivity index (χ0v) is 14.6. The minimum atomic E-state index is -0.650. The van der Waals surface area contributed by atoms with E-state index in [1.54, 1.807) is 12.1 Å². The van der Waals surface area contributed by atoms with Crippen molar-refractivity contribution in [3.05, 3.63) is 34.7 Å². The number of anilines is 1. The summed E-state index contributed by atoms with van der Waals surface area (Å²) in [5.41, 5.74) is 1.10. The number of nitrogens with one attached hydrogen (secondary N) is 2. The van der Waals surface area contributed by atoms with Crippen LogP contribution in [0.15, 0.2) is 22.8 Å². The average Bonchev–Trinajstić information content (AvgIpc) is 3.20. The van der Waals surface area contributed by atoms with Gasteiger partial charge in [-0.2, -0.15) is 0 Å². The lowest BCUT2D eigenvalue weighted by Crippen LogP contribution is -2.47. The molecule has 7 heteroatoms. The van der Waals surface area contributed by atoms with Gasteiger partial charge in [-0.15, -0.1) is 11.3 Å². The minimum Gasteiger partial charge on any atom is -0.459 e. The van der Waals surface area contributed by atoms with Gasteiger partial charge in [0.05, 0.1) is 12.0 Å². The van der Waals surface area contributed by atoms with E-state index in [2.05, 4.69) is 15.6 Å². The predicted molar refractivity (Wildman–Crippen MR) is 92.2 cm³/mol. The van der Waals surface area contributed by atoms with Gasteiger partial charge in [0.15, 0.2) is 10.9 Å². The van der Waals surface area contributed by atoms with Crippen molar-refractivity contribution in [2.45, 2.75) is 45.6 Å². The molecule has 0 fully saturated rings. The molecule has 6 nitrogen and oxygen atoms in total. The number of hydrogen-bond donors (Lipinski definition) is 2. The van der Waals surface area contributed by atoms with Gasteiger partial charge in [-0.25, -0.2) is 4.98 Å². The number of carbonyl (C=O) groups excluding carboxylic acids is 2. The van der Waals surface area contributed by atoms with Crippen LogP contribution in [-0.4, -0.2) is 22.8 Å². The van der Waals surface area contributed by atoms with Crippen molar-refractivity contribution in [3.63, 3.8) is 0 Å². The number of aryl methyl sites for hydroxylation is 2. The van der Waals surface area contributed by atoms with Crippen LogP contribution in [0.1, 0.15) is 47.8 Å². The van der Waals surface area contributed by atoms with Crippen molar-refractivity contribution < 1.29 is 14.0 Å². The molecule has 1 atom stereocenters. The molecule has 1 aliphatic carbocycles. The highest BCUT2D eigenvalue weighted by Crippen LogP contribution is 2.29. The van der Waals surface area contributed by atoms with Crippen LogP contribution in [-0.2, 0) is 17.6 Å². The lowest BCUT2D eigenvalue weighted by atomic mass is 10.0. The summed E-state index contributed by atoms with van der Waals surface area (Å²) in [5, 5.41) is 6.20. The number of aromatic nitrogens is 1. The third-order valence-corrected chi connectivity index (χ3v) is 5.13. The molecule has 2 heterocycles. The molecule has 2 aromatic heterocycles. The second kappa shape index (κ2) is 7.17. The molecule has 1 unspecified atom stereocenters. The van der Waals surface area contributed by atoms with Gasteiger partial charge in [0.25, 0.3) is 5.91 Å². The van der Waals surface area contributed by atoms with E-state index in [9.17, 15) is 9.59 Å². The van der Waals surface area contributed by atoms with E-state index < -0.39 is 11.9 Å². The van der Waals surface area contributed by atoms with Crippen molar-refractivity contribution >= 4 is 28.3 Å². The van der Waals surface area contributed by atoms with Crippen molar-refractivity contribution in [3.8, 4) is 0 Å². The lowest BCUT2D eigenvalue weighted by Gasteiger charge is -2.20.